The Morgan fingerprint density at radius 3 is 2.54 bits per heavy atom. The first kappa shape index (κ1) is 16.7. The minimum atomic E-state index is -0.843. The van der Waals surface area contributed by atoms with Gasteiger partial charge < -0.3 is 15.1 Å². The van der Waals surface area contributed by atoms with Gasteiger partial charge in [-0.3, -0.25) is 14.9 Å². The molecule has 0 bridgehead atoms. The zero-order valence-corrected chi connectivity index (χ0v) is 14.5. The lowest BCUT2D eigenvalue weighted by Crippen LogP contribution is -2.57. The zero-order chi connectivity index (χ0) is 18.1. The summed E-state index contributed by atoms with van der Waals surface area (Å²) >= 11 is 0. The lowest BCUT2D eigenvalue weighted by molar-refractivity contribution is -0.139. The minimum absolute atomic E-state index is 0.0893. The third-order valence-corrected chi connectivity index (χ3v) is 5.55. The molecule has 0 unspecified atom stereocenters. The molecule has 3 aliphatic heterocycles. The smallest absolute Gasteiger partial charge is 0.322 e. The average molecular weight is 358 g/mol. The van der Waals surface area contributed by atoms with Crippen molar-refractivity contribution in [3.63, 3.8) is 0 Å². The molecule has 3 saturated heterocycles. The molecule has 2 N–H and O–H groups in total. The summed E-state index contributed by atoms with van der Waals surface area (Å²) in [5.41, 5.74) is -0.843. The number of anilines is 1. The van der Waals surface area contributed by atoms with Crippen LogP contribution >= 0.6 is 0 Å². The van der Waals surface area contributed by atoms with Crippen molar-refractivity contribution >= 4 is 23.8 Å². The highest BCUT2D eigenvalue weighted by Crippen LogP contribution is 2.28. The van der Waals surface area contributed by atoms with Gasteiger partial charge in [0.2, 0.25) is 11.9 Å². The van der Waals surface area contributed by atoms with E-state index in [1.807, 2.05) is 4.90 Å². The van der Waals surface area contributed by atoms with E-state index in [4.69, 9.17) is 0 Å². The topological polar surface area (TPSA) is 108 Å². The van der Waals surface area contributed by atoms with E-state index in [0.717, 1.165) is 19.4 Å². The van der Waals surface area contributed by atoms with Gasteiger partial charge in [0.05, 0.1) is 5.92 Å². The summed E-state index contributed by atoms with van der Waals surface area (Å²) in [4.78, 5) is 48.8. The maximum atomic E-state index is 12.9. The summed E-state index contributed by atoms with van der Waals surface area (Å²) in [5, 5.41) is 5.02. The van der Waals surface area contributed by atoms with Gasteiger partial charge in [-0.1, -0.05) is 0 Å². The van der Waals surface area contributed by atoms with Crippen LogP contribution in [0.5, 0.6) is 0 Å². The van der Waals surface area contributed by atoms with Gasteiger partial charge in [-0.15, -0.1) is 0 Å². The number of carbonyl (C=O) groups excluding carboxylic acids is 3. The molecule has 1 aromatic rings. The summed E-state index contributed by atoms with van der Waals surface area (Å²) in [7, 11) is 0. The highest BCUT2D eigenvalue weighted by atomic mass is 16.2. The Morgan fingerprint density at radius 1 is 1.15 bits per heavy atom. The van der Waals surface area contributed by atoms with Gasteiger partial charge in [0, 0.05) is 38.6 Å². The molecule has 26 heavy (non-hydrogen) atoms. The van der Waals surface area contributed by atoms with Gasteiger partial charge in [0.15, 0.2) is 0 Å². The van der Waals surface area contributed by atoms with E-state index in [0.29, 0.717) is 38.4 Å². The molecule has 138 valence electrons. The van der Waals surface area contributed by atoms with Crippen LogP contribution in [-0.4, -0.2) is 64.4 Å². The van der Waals surface area contributed by atoms with Crippen LogP contribution in [0.4, 0.5) is 10.7 Å². The zero-order valence-electron chi connectivity index (χ0n) is 14.5. The van der Waals surface area contributed by atoms with Crippen LogP contribution in [0.3, 0.4) is 0 Å². The third-order valence-electron chi connectivity index (χ3n) is 5.55. The molecular formula is C17H22N6O3. The van der Waals surface area contributed by atoms with Crippen LogP contribution in [-0.2, 0) is 9.59 Å². The molecular weight excluding hydrogens is 336 g/mol. The molecule has 4 heterocycles. The van der Waals surface area contributed by atoms with Gasteiger partial charge in [-0.2, -0.15) is 0 Å². The van der Waals surface area contributed by atoms with Crippen molar-refractivity contribution in [1.82, 2.24) is 25.5 Å². The van der Waals surface area contributed by atoms with Crippen molar-refractivity contribution in [1.29, 1.82) is 0 Å². The number of carbonyl (C=O) groups is 3. The van der Waals surface area contributed by atoms with Crippen molar-refractivity contribution in [2.24, 2.45) is 5.92 Å². The van der Waals surface area contributed by atoms with E-state index in [1.54, 1.807) is 18.5 Å². The molecule has 1 spiro atoms. The molecule has 0 saturated carbocycles. The fourth-order valence-corrected chi connectivity index (χ4v) is 4.06. The monoisotopic (exact) mass is 358 g/mol. The molecule has 4 rings (SSSR count). The first-order valence-corrected chi connectivity index (χ1v) is 9.02. The molecule has 0 aromatic carbocycles. The van der Waals surface area contributed by atoms with E-state index in [-0.39, 0.29) is 17.7 Å². The second kappa shape index (κ2) is 6.54. The van der Waals surface area contributed by atoms with E-state index in [2.05, 4.69) is 25.5 Å². The van der Waals surface area contributed by atoms with Crippen LogP contribution in [0.15, 0.2) is 18.5 Å². The number of nitrogens with zero attached hydrogens (tertiary/aromatic N) is 4. The van der Waals surface area contributed by atoms with Crippen molar-refractivity contribution in [3.8, 4) is 0 Å². The second-order valence-corrected chi connectivity index (χ2v) is 7.15. The number of likely N-dealkylation sites (tertiary alicyclic amines) is 1. The number of hydrogen-bond donors (Lipinski definition) is 2. The van der Waals surface area contributed by atoms with Gasteiger partial charge in [0.25, 0.3) is 5.91 Å². The number of piperidine rings is 2. The predicted octanol–water partition coefficient (Wildman–Crippen LogP) is -0.106. The Labute approximate surface area is 151 Å². The number of nitrogens with one attached hydrogen (secondary N) is 2. The van der Waals surface area contributed by atoms with Crippen LogP contribution in [0, 0.1) is 5.92 Å². The highest BCUT2D eigenvalue weighted by Gasteiger charge is 2.48. The Balaban J connectivity index is 1.38. The number of aromatic nitrogens is 2. The quantitative estimate of drug-likeness (QED) is 0.715. The molecule has 3 fully saturated rings. The summed E-state index contributed by atoms with van der Waals surface area (Å²) in [6.07, 6.45) is 6.09. The van der Waals surface area contributed by atoms with Crippen LogP contribution < -0.4 is 15.5 Å². The summed E-state index contributed by atoms with van der Waals surface area (Å²) in [5.74, 6) is 0.409. The predicted molar refractivity (Wildman–Crippen MR) is 92.2 cm³/mol. The molecule has 4 amide bonds. The van der Waals surface area contributed by atoms with Crippen molar-refractivity contribution in [2.75, 3.05) is 31.1 Å². The number of urea groups is 1. The maximum absolute atomic E-state index is 12.9. The van der Waals surface area contributed by atoms with Crippen LogP contribution in [0.1, 0.15) is 25.7 Å². The Kier molecular flexibility index (Phi) is 4.21. The molecule has 9 nitrogen and oxygen atoms in total. The van der Waals surface area contributed by atoms with Gasteiger partial charge >= 0.3 is 6.03 Å². The van der Waals surface area contributed by atoms with Crippen molar-refractivity contribution < 1.29 is 14.4 Å². The lowest BCUT2D eigenvalue weighted by Gasteiger charge is -2.40. The maximum Gasteiger partial charge on any atom is 0.322 e. The van der Waals surface area contributed by atoms with Crippen molar-refractivity contribution in [2.45, 2.75) is 31.2 Å². The summed E-state index contributed by atoms with van der Waals surface area (Å²) in [6, 6.07) is 1.33. The molecule has 1 aromatic heterocycles. The number of amides is 4. The normalized spacial score (nSPS) is 25.2. The molecule has 0 aliphatic carbocycles. The highest BCUT2D eigenvalue weighted by molar-refractivity contribution is 6.07. The minimum Gasteiger partial charge on any atom is -0.342 e. The third kappa shape index (κ3) is 2.97. The summed E-state index contributed by atoms with van der Waals surface area (Å²) in [6.45, 7) is 2.42. The fourth-order valence-electron chi connectivity index (χ4n) is 4.06. The molecule has 0 radical (unpaired) electrons. The SMILES string of the molecule is O=C1NC(=O)C2(CCN(C(=O)[C@H]3CCCN(c4ncccn4)C3)CC2)N1. The van der Waals surface area contributed by atoms with E-state index < -0.39 is 11.6 Å². The number of rotatable bonds is 2. The van der Waals surface area contributed by atoms with E-state index in [1.165, 1.54) is 0 Å². The molecule has 3 aliphatic rings. The average Bonchev–Trinajstić information content (AvgIpc) is 2.95. The lowest BCUT2D eigenvalue weighted by atomic mass is 9.86. The standard InChI is InChI=1S/C17H22N6O3/c24-13(12-3-1-8-23(11-12)15-18-6-2-7-19-15)22-9-4-17(5-10-22)14(25)20-16(26)21-17/h2,6-7,12H,1,3-5,8-11H2,(H2,20,21,25,26)/t12-/m0/s1. The summed E-state index contributed by atoms with van der Waals surface area (Å²) < 4.78 is 0. The van der Waals surface area contributed by atoms with Crippen molar-refractivity contribution in [3.05, 3.63) is 18.5 Å². The van der Waals surface area contributed by atoms with Gasteiger partial charge in [-0.05, 0) is 31.7 Å². The van der Waals surface area contributed by atoms with Crippen LogP contribution in [0.25, 0.3) is 0 Å². The first-order valence-electron chi connectivity index (χ1n) is 9.02. The van der Waals surface area contributed by atoms with E-state index >= 15 is 0 Å². The van der Waals surface area contributed by atoms with Gasteiger partial charge in [-0.25, -0.2) is 14.8 Å². The number of hydrogen-bond acceptors (Lipinski definition) is 6. The molecule has 9 heteroatoms. The molecule has 1 atom stereocenters. The fraction of sp³-hybridized carbons (Fsp3) is 0.588. The largest absolute Gasteiger partial charge is 0.342 e. The Bertz CT molecular complexity index is 716. The Morgan fingerprint density at radius 2 is 1.88 bits per heavy atom. The second-order valence-electron chi connectivity index (χ2n) is 7.15. The number of imide groups is 1. The van der Waals surface area contributed by atoms with E-state index in [9.17, 15) is 14.4 Å². The first-order chi connectivity index (χ1) is 12.6. The van der Waals surface area contributed by atoms with Gasteiger partial charge in [0.1, 0.15) is 5.54 Å². The Hall–Kier alpha value is -2.71. The van der Waals surface area contributed by atoms with Crippen LogP contribution in [0.2, 0.25) is 0 Å².